The van der Waals surface area contributed by atoms with Gasteiger partial charge in [0.15, 0.2) is 11.5 Å². The highest BCUT2D eigenvalue weighted by molar-refractivity contribution is 5.99. The van der Waals surface area contributed by atoms with Crippen LogP contribution >= 0.6 is 0 Å². The van der Waals surface area contributed by atoms with Gasteiger partial charge in [-0.05, 0) is 60.1 Å². The summed E-state index contributed by atoms with van der Waals surface area (Å²) in [4.78, 5) is 31.5. The Balaban J connectivity index is 1.15. The van der Waals surface area contributed by atoms with E-state index in [0.29, 0.717) is 25.7 Å². The molecule has 0 N–H and O–H groups in total. The molecule has 2 saturated heterocycles. The maximum Gasteiger partial charge on any atom is 0.434 e. The minimum absolute atomic E-state index is 0.0560. The number of alkyl halides is 3. The number of aromatic nitrogens is 1. The molecule has 1 aromatic heterocycles. The largest absolute Gasteiger partial charge is 0.448 e. The molecule has 6 rings (SSSR count). The number of hydrogen-bond donors (Lipinski definition) is 0. The van der Waals surface area contributed by atoms with Crippen LogP contribution in [-0.4, -0.2) is 40.5 Å². The number of carbonyl (C=O) groups excluding carboxylic acids is 2. The van der Waals surface area contributed by atoms with E-state index in [-0.39, 0.29) is 24.6 Å². The molecular weight excluding hydrogens is 481 g/mol. The van der Waals surface area contributed by atoms with Crippen LogP contribution < -0.4 is 0 Å². The highest BCUT2D eigenvalue weighted by Crippen LogP contribution is 2.45. The summed E-state index contributed by atoms with van der Waals surface area (Å²) in [6, 6.07) is 18.3. The maximum atomic E-state index is 13.4. The summed E-state index contributed by atoms with van der Waals surface area (Å²) in [5, 5.41) is 0. The van der Waals surface area contributed by atoms with E-state index in [1.54, 1.807) is 4.90 Å². The molecule has 2 fully saturated rings. The molecule has 190 valence electrons. The predicted octanol–water partition coefficient (Wildman–Crippen LogP) is 6.48. The van der Waals surface area contributed by atoms with E-state index in [2.05, 4.69) is 29.2 Å². The zero-order chi connectivity index (χ0) is 25.7. The first kappa shape index (κ1) is 23.7. The first-order valence-electron chi connectivity index (χ1n) is 12.5. The third-order valence-corrected chi connectivity index (χ3v) is 7.99. The number of amides is 1. The second-order valence-corrected chi connectivity index (χ2v) is 10.0. The van der Waals surface area contributed by atoms with Gasteiger partial charge in [-0.1, -0.05) is 48.5 Å². The standard InChI is InChI=1S/C29H25F3N2O3/c30-29(31,32)27-24(10-5-13-33-27)26(35)17-14-18-11-12-19(15-17)34(18)28(36)37-16-25-22-8-3-1-6-20(22)21-7-2-4-9-23(21)25/h1-10,13,17-19,25H,11-12,14-16H2. The van der Waals surface area contributed by atoms with E-state index in [1.807, 2.05) is 24.3 Å². The average molecular weight is 507 g/mol. The number of piperidine rings is 1. The molecule has 2 aromatic carbocycles. The second kappa shape index (κ2) is 9.01. The molecule has 3 aliphatic rings. The monoisotopic (exact) mass is 506 g/mol. The van der Waals surface area contributed by atoms with Gasteiger partial charge in [-0.3, -0.25) is 9.78 Å². The molecule has 2 bridgehead atoms. The molecule has 1 amide bonds. The lowest BCUT2D eigenvalue weighted by Gasteiger charge is -2.38. The summed E-state index contributed by atoms with van der Waals surface area (Å²) in [7, 11) is 0. The van der Waals surface area contributed by atoms with Crippen molar-refractivity contribution < 1.29 is 27.5 Å². The van der Waals surface area contributed by atoms with Crippen molar-refractivity contribution in [1.82, 2.24) is 9.88 Å². The Kier molecular flexibility index (Phi) is 5.77. The molecule has 0 radical (unpaired) electrons. The van der Waals surface area contributed by atoms with Gasteiger partial charge in [-0.2, -0.15) is 13.2 Å². The van der Waals surface area contributed by atoms with Crippen molar-refractivity contribution >= 4 is 11.9 Å². The van der Waals surface area contributed by atoms with E-state index in [9.17, 15) is 22.8 Å². The molecule has 3 heterocycles. The lowest BCUT2D eigenvalue weighted by atomic mass is 9.84. The molecule has 2 aliphatic heterocycles. The van der Waals surface area contributed by atoms with Crippen molar-refractivity contribution in [1.29, 1.82) is 0 Å². The number of rotatable bonds is 4. The highest BCUT2D eigenvalue weighted by Gasteiger charge is 2.47. The first-order chi connectivity index (χ1) is 17.8. The van der Waals surface area contributed by atoms with Crippen LogP contribution in [0.3, 0.4) is 0 Å². The summed E-state index contributed by atoms with van der Waals surface area (Å²) < 4.78 is 46.1. The fourth-order valence-corrected chi connectivity index (χ4v) is 6.41. The third kappa shape index (κ3) is 4.08. The zero-order valence-corrected chi connectivity index (χ0v) is 19.9. The van der Waals surface area contributed by atoms with E-state index >= 15 is 0 Å². The summed E-state index contributed by atoms with van der Waals surface area (Å²) >= 11 is 0. The minimum atomic E-state index is -4.70. The van der Waals surface area contributed by atoms with E-state index < -0.39 is 35.2 Å². The van der Waals surface area contributed by atoms with Gasteiger partial charge in [-0.25, -0.2) is 4.79 Å². The SMILES string of the molecule is O=C(c1cccnc1C(F)(F)F)C1CC2CCC(C1)N2C(=O)OCC1c2ccccc2-c2ccccc21. The number of pyridine rings is 1. The van der Waals surface area contributed by atoms with Crippen molar-refractivity contribution in [3.8, 4) is 11.1 Å². The lowest BCUT2D eigenvalue weighted by molar-refractivity contribution is -0.141. The molecule has 2 unspecified atom stereocenters. The summed E-state index contributed by atoms with van der Waals surface area (Å²) in [6.07, 6.45) is -2.01. The van der Waals surface area contributed by atoms with Crippen molar-refractivity contribution in [2.75, 3.05) is 6.61 Å². The van der Waals surface area contributed by atoms with Gasteiger partial charge in [0.05, 0.1) is 0 Å². The molecule has 3 aromatic rings. The Hall–Kier alpha value is -3.68. The summed E-state index contributed by atoms with van der Waals surface area (Å²) in [5.41, 5.74) is 3.00. The Bertz CT molecular complexity index is 1310. The maximum absolute atomic E-state index is 13.4. The molecule has 0 saturated carbocycles. The Morgan fingerprint density at radius 3 is 2.08 bits per heavy atom. The summed E-state index contributed by atoms with van der Waals surface area (Å²) in [5.74, 6) is -1.19. The topological polar surface area (TPSA) is 59.5 Å². The molecular formula is C29H25F3N2O3. The second-order valence-electron chi connectivity index (χ2n) is 10.0. The predicted molar refractivity (Wildman–Crippen MR) is 130 cm³/mol. The molecule has 1 aliphatic carbocycles. The van der Waals surface area contributed by atoms with Gasteiger partial charge in [0.25, 0.3) is 0 Å². The van der Waals surface area contributed by atoms with Crippen molar-refractivity contribution in [3.05, 3.63) is 89.2 Å². The van der Waals surface area contributed by atoms with E-state index in [1.165, 1.54) is 12.1 Å². The lowest BCUT2D eigenvalue weighted by Crippen LogP contribution is -2.48. The van der Waals surface area contributed by atoms with Gasteiger partial charge >= 0.3 is 12.3 Å². The third-order valence-electron chi connectivity index (χ3n) is 7.99. The van der Waals surface area contributed by atoms with Gasteiger partial charge in [0, 0.05) is 35.7 Å². The number of fused-ring (bicyclic) bond motifs is 5. The zero-order valence-electron chi connectivity index (χ0n) is 19.9. The fourth-order valence-electron chi connectivity index (χ4n) is 6.41. The van der Waals surface area contributed by atoms with Gasteiger partial charge in [-0.15, -0.1) is 0 Å². The first-order valence-corrected chi connectivity index (χ1v) is 12.5. The van der Waals surface area contributed by atoms with Crippen LogP contribution in [-0.2, 0) is 10.9 Å². The van der Waals surface area contributed by atoms with Crippen LogP contribution in [0.25, 0.3) is 11.1 Å². The number of ketones is 1. The van der Waals surface area contributed by atoms with E-state index in [4.69, 9.17) is 4.74 Å². The Morgan fingerprint density at radius 1 is 0.892 bits per heavy atom. The molecule has 0 spiro atoms. The quantitative estimate of drug-likeness (QED) is 0.380. The highest BCUT2D eigenvalue weighted by atomic mass is 19.4. The van der Waals surface area contributed by atoms with Gasteiger partial charge in [0.1, 0.15) is 6.61 Å². The van der Waals surface area contributed by atoms with Crippen LogP contribution in [0.4, 0.5) is 18.0 Å². The van der Waals surface area contributed by atoms with Crippen molar-refractivity contribution in [3.63, 3.8) is 0 Å². The van der Waals surface area contributed by atoms with Gasteiger partial charge < -0.3 is 9.64 Å². The normalized spacial score (nSPS) is 22.5. The smallest absolute Gasteiger partial charge is 0.434 e. The van der Waals surface area contributed by atoms with Gasteiger partial charge in [0.2, 0.25) is 0 Å². The number of benzene rings is 2. The Morgan fingerprint density at radius 2 is 1.49 bits per heavy atom. The molecule has 8 heteroatoms. The summed E-state index contributed by atoms with van der Waals surface area (Å²) in [6.45, 7) is 0.204. The Labute approximate surface area is 212 Å². The van der Waals surface area contributed by atoms with Crippen LogP contribution in [0.1, 0.15) is 58.8 Å². The van der Waals surface area contributed by atoms with Crippen LogP contribution in [0.2, 0.25) is 0 Å². The van der Waals surface area contributed by atoms with Crippen LogP contribution in [0.15, 0.2) is 66.9 Å². The number of ether oxygens (including phenoxy) is 1. The van der Waals surface area contributed by atoms with Crippen molar-refractivity contribution in [2.45, 2.75) is 49.9 Å². The number of hydrogen-bond acceptors (Lipinski definition) is 4. The molecule has 5 nitrogen and oxygen atoms in total. The van der Waals surface area contributed by atoms with Crippen molar-refractivity contribution in [2.24, 2.45) is 5.92 Å². The minimum Gasteiger partial charge on any atom is -0.448 e. The number of Topliss-reactive ketones (excluding diaryl/α,β-unsaturated/α-hetero) is 1. The fraction of sp³-hybridized carbons (Fsp3) is 0.345. The molecule has 37 heavy (non-hydrogen) atoms. The molecule has 2 atom stereocenters. The number of nitrogens with zero attached hydrogens (tertiary/aromatic N) is 2. The number of halogens is 3. The van der Waals surface area contributed by atoms with Crippen LogP contribution in [0, 0.1) is 5.92 Å². The average Bonchev–Trinajstić information content (AvgIpc) is 3.36. The van der Waals surface area contributed by atoms with E-state index in [0.717, 1.165) is 28.5 Å². The number of carbonyl (C=O) groups is 2. The van der Waals surface area contributed by atoms with Crippen LogP contribution in [0.5, 0.6) is 0 Å².